The molecule has 4 heterocycles. The van der Waals surface area contributed by atoms with E-state index in [1.54, 1.807) is 9.47 Å². The zero-order valence-corrected chi connectivity index (χ0v) is 24.4. The Labute approximate surface area is 237 Å². The van der Waals surface area contributed by atoms with Crippen LogP contribution in [0.3, 0.4) is 0 Å². The van der Waals surface area contributed by atoms with Crippen molar-refractivity contribution >= 4 is 32.7 Å². The zero-order chi connectivity index (χ0) is 29.2. The number of carbonyl (C=O) groups is 1. The predicted octanol–water partition coefficient (Wildman–Crippen LogP) is 3.29. The molecule has 2 aliphatic heterocycles. The lowest BCUT2D eigenvalue weighted by molar-refractivity contribution is 0.0615. The Hall–Kier alpha value is -3.61. The summed E-state index contributed by atoms with van der Waals surface area (Å²) in [4.78, 5) is 29.7. The average Bonchev–Trinajstić information content (AvgIpc) is 3.67. The van der Waals surface area contributed by atoms with Crippen molar-refractivity contribution in [3.8, 4) is 11.5 Å². The van der Waals surface area contributed by atoms with Crippen LogP contribution in [0.2, 0.25) is 0 Å². The normalized spacial score (nSPS) is 21.0. The molecule has 0 N–H and O–H groups in total. The van der Waals surface area contributed by atoms with E-state index in [1.807, 2.05) is 20.8 Å². The molecule has 1 amide bonds. The molecule has 220 valence electrons. The van der Waals surface area contributed by atoms with Crippen molar-refractivity contribution in [3.05, 3.63) is 45.6 Å². The van der Waals surface area contributed by atoms with Gasteiger partial charge in [0.05, 0.1) is 26.0 Å². The Balaban J connectivity index is 1.70. The fourth-order valence-corrected chi connectivity index (χ4v) is 7.73. The highest BCUT2D eigenvalue weighted by Gasteiger charge is 2.44. The number of benzene rings is 1. The van der Waals surface area contributed by atoms with Gasteiger partial charge in [-0.25, -0.2) is 21.8 Å². The summed E-state index contributed by atoms with van der Waals surface area (Å²) in [6.45, 7) is 6.25. The summed E-state index contributed by atoms with van der Waals surface area (Å²) in [7, 11) is -2.47. The molecule has 3 aliphatic rings. The summed E-state index contributed by atoms with van der Waals surface area (Å²) in [5, 5.41) is 4.79. The van der Waals surface area contributed by atoms with Crippen LogP contribution in [0.15, 0.2) is 23.0 Å². The van der Waals surface area contributed by atoms with Gasteiger partial charge in [0.25, 0.3) is 11.5 Å². The molecule has 1 unspecified atom stereocenters. The van der Waals surface area contributed by atoms with Gasteiger partial charge in [-0.15, -0.1) is 5.10 Å². The highest BCUT2D eigenvalue weighted by Crippen LogP contribution is 2.44. The molecule has 2 aromatic heterocycles. The lowest BCUT2D eigenvalue weighted by Gasteiger charge is -2.36. The van der Waals surface area contributed by atoms with Crippen LogP contribution in [-0.2, 0) is 16.6 Å². The fourth-order valence-electron chi connectivity index (χ4n) is 5.91. The molecule has 1 fully saturated rings. The number of anilines is 1. The number of aromatic nitrogens is 3. The van der Waals surface area contributed by atoms with Gasteiger partial charge in [0.15, 0.2) is 17.3 Å². The van der Waals surface area contributed by atoms with Gasteiger partial charge in [0.2, 0.25) is 10.0 Å². The number of fused-ring (bicyclic) bond motifs is 7. The molecule has 41 heavy (non-hydrogen) atoms. The Morgan fingerprint density at radius 2 is 1.93 bits per heavy atom. The molecular weight excluding hydrogens is 553 g/mol. The van der Waals surface area contributed by atoms with E-state index in [-0.39, 0.29) is 76.9 Å². The van der Waals surface area contributed by atoms with Gasteiger partial charge >= 0.3 is 0 Å². The minimum atomic E-state index is -3.86. The van der Waals surface area contributed by atoms with Crippen LogP contribution in [0.4, 0.5) is 10.2 Å². The first kappa shape index (κ1) is 27.6. The number of sulfonamides is 1. The monoisotopic (exact) mass is 587 g/mol. The van der Waals surface area contributed by atoms with Crippen molar-refractivity contribution in [1.29, 1.82) is 0 Å². The third-order valence-electron chi connectivity index (χ3n) is 8.02. The smallest absolute Gasteiger partial charge is 0.280 e. The Kier molecular flexibility index (Phi) is 6.74. The number of halogens is 1. The van der Waals surface area contributed by atoms with Crippen molar-refractivity contribution in [1.82, 2.24) is 19.2 Å². The van der Waals surface area contributed by atoms with Gasteiger partial charge in [0, 0.05) is 36.3 Å². The molecule has 1 saturated carbocycles. The summed E-state index contributed by atoms with van der Waals surface area (Å²) < 4.78 is 57.8. The quantitative estimate of drug-likeness (QED) is 0.462. The average molecular weight is 588 g/mol. The third kappa shape index (κ3) is 4.54. The number of carbonyl (C=O) groups excluding carboxylic acids is 1. The molecule has 2 bridgehead atoms. The summed E-state index contributed by atoms with van der Waals surface area (Å²) in [5.41, 5.74) is 0.456. The maximum atomic E-state index is 14.2. The van der Waals surface area contributed by atoms with Crippen LogP contribution >= 0.6 is 0 Å². The van der Waals surface area contributed by atoms with Crippen molar-refractivity contribution in [3.63, 3.8) is 0 Å². The minimum Gasteiger partial charge on any atom is -0.493 e. The first-order valence-corrected chi connectivity index (χ1v) is 15.6. The van der Waals surface area contributed by atoms with Gasteiger partial charge in [-0.1, -0.05) is 6.07 Å². The lowest BCUT2D eigenvalue weighted by atomic mass is 10.1. The second-order valence-corrected chi connectivity index (χ2v) is 13.3. The molecule has 1 aliphatic carbocycles. The van der Waals surface area contributed by atoms with E-state index >= 15 is 0 Å². The molecule has 0 saturated heterocycles. The van der Waals surface area contributed by atoms with Crippen LogP contribution in [-0.4, -0.2) is 71.7 Å². The molecule has 0 spiro atoms. The van der Waals surface area contributed by atoms with Crippen molar-refractivity contribution < 1.29 is 27.1 Å². The van der Waals surface area contributed by atoms with Crippen LogP contribution in [0.5, 0.6) is 11.5 Å². The summed E-state index contributed by atoms with van der Waals surface area (Å²) in [6.07, 6.45) is 2.09. The summed E-state index contributed by atoms with van der Waals surface area (Å²) in [5.74, 6) is -0.471. The van der Waals surface area contributed by atoms with E-state index in [2.05, 4.69) is 0 Å². The van der Waals surface area contributed by atoms with E-state index in [0.29, 0.717) is 37.8 Å². The maximum absolute atomic E-state index is 14.2. The fraction of sp³-hybridized carbons (Fsp3) is 0.536. The van der Waals surface area contributed by atoms with Crippen LogP contribution < -0.4 is 19.3 Å². The number of nitrogens with zero attached hydrogens (tertiary/aromatic N) is 5. The third-order valence-corrected chi connectivity index (χ3v) is 9.89. The Bertz CT molecular complexity index is 1710. The van der Waals surface area contributed by atoms with E-state index in [4.69, 9.17) is 14.6 Å². The number of amides is 1. The number of hydrogen-bond acceptors (Lipinski definition) is 7. The second kappa shape index (κ2) is 10.0. The summed E-state index contributed by atoms with van der Waals surface area (Å²) in [6, 6.07) is 3.39. The number of hydrogen-bond donors (Lipinski definition) is 0. The van der Waals surface area contributed by atoms with Crippen molar-refractivity contribution in [2.24, 2.45) is 0 Å². The number of ether oxygens (including phenoxy) is 2. The van der Waals surface area contributed by atoms with E-state index < -0.39 is 21.4 Å². The van der Waals surface area contributed by atoms with Gasteiger partial charge in [0.1, 0.15) is 22.5 Å². The minimum absolute atomic E-state index is 0.0950. The number of methoxy groups -OCH3 is 1. The molecule has 1 atom stereocenters. The van der Waals surface area contributed by atoms with Crippen LogP contribution in [0.1, 0.15) is 68.5 Å². The molecule has 1 aromatic carbocycles. The molecular formula is C28H34FN5O6S. The van der Waals surface area contributed by atoms with Gasteiger partial charge in [-0.2, -0.15) is 0 Å². The van der Waals surface area contributed by atoms with Gasteiger partial charge < -0.3 is 18.9 Å². The van der Waals surface area contributed by atoms with Crippen LogP contribution in [0, 0.1) is 5.82 Å². The first-order chi connectivity index (χ1) is 19.5. The first-order valence-electron chi connectivity index (χ1n) is 14.0. The number of rotatable bonds is 3. The van der Waals surface area contributed by atoms with Crippen molar-refractivity contribution in [2.75, 3.05) is 30.3 Å². The molecule has 0 radical (unpaired) electrons. The largest absolute Gasteiger partial charge is 0.493 e. The molecule has 11 nitrogen and oxygen atoms in total. The predicted molar refractivity (Wildman–Crippen MR) is 151 cm³/mol. The van der Waals surface area contributed by atoms with Crippen LogP contribution in [0.25, 0.3) is 10.9 Å². The van der Waals surface area contributed by atoms with Gasteiger partial charge in [-0.3, -0.25) is 9.59 Å². The lowest BCUT2D eigenvalue weighted by Crippen LogP contribution is -2.46. The van der Waals surface area contributed by atoms with E-state index in [9.17, 15) is 22.4 Å². The topological polar surface area (TPSA) is 116 Å². The second-order valence-electron chi connectivity index (χ2n) is 11.3. The van der Waals surface area contributed by atoms with E-state index in [1.165, 1.54) is 34.3 Å². The maximum Gasteiger partial charge on any atom is 0.280 e. The molecule has 3 aromatic rings. The Morgan fingerprint density at radius 1 is 1.17 bits per heavy atom. The Morgan fingerprint density at radius 3 is 2.61 bits per heavy atom. The van der Waals surface area contributed by atoms with Crippen molar-refractivity contribution in [2.45, 2.75) is 71.1 Å². The zero-order valence-electron chi connectivity index (χ0n) is 23.6. The SMILES string of the molecule is COc1c2n(c3c4nn(c(=O)c13)Cc1ccc(F)cc1OCCCCS(=O)(=O)N4C1CC1)C(C)CN(C(C)C)C2=O. The summed E-state index contributed by atoms with van der Waals surface area (Å²) >= 11 is 0. The van der Waals surface area contributed by atoms with Gasteiger partial charge in [-0.05, 0) is 52.5 Å². The molecule has 6 rings (SSSR count). The van der Waals surface area contributed by atoms with E-state index in [0.717, 1.165) is 0 Å². The highest BCUT2D eigenvalue weighted by molar-refractivity contribution is 7.92. The molecule has 13 heteroatoms. The highest BCUT2D eigenvalue weighted by atomic mass is 32.2. The standard InChI is InChI=1S/C28H34FN5O6S/c1-16(2)31-14-17(3)33-23-22(25(39-4)24(33)28(31)36)27(35)32-15-18-7-8-19(29)13-21(18)40-11-5-6-12-41(37,38)34(20-9-10-20)26(23)30-32/h7-8,13,16-17,20H,5-6,9-12,14-15H2,1-4H3.